The molecule has 0 saturated heterocycles. The minimum absolute atomic E-state index is 0.0979. The fourth-order valence-electron chi connectivity index (χ4n) is 4.63. The predicted octanol–water partition coefficient (Wildman–Crippen LogP) is 6.33. The lowest BCUT2D eigenvalue weighted by atomic mass is 9.94. The second-order valence-electron chi connectivity index (χ2n) is 9.66. The summed E-state index contributed by atoms with van der Waals surface area (Å²) in [5.41, 5.74) is 1.97. The maximum absolute atomic E-state index is 14.9. The van der Waals surface area contributed by atoms with E-state index in [1.54, 1.807) is 10.7 Å². The van der Waals surface area contributed by atoms with Gasteiger partial charge in [0.25, 0.3) is 0 Å². The summed E-state index contributed by atoms with van der Waals surface area (Å²) in [5, 5.41) is 14.1. The van der Waals surface area contributed by atoms with E-state index in [0.717, 1.165) is 29.7 Å². The Hall–Kier alpha value is -2.93. The molecule has 2 aliphatic rings. The van der Waals surface area contributed by atoms with Gasteiger partial charge in [-0.15, -0.1) is 0 Å². The molecule has 7 heteroatoms. The van der Waals surface area contributed by atoms with E-state index >= 15 is 0 Å². The molecule has 0 radical (unpaired) electrons. The van der Waals surface area contributed by atoms with E-state index in [9.17, 15) is 22.7 Å². The van der Waals surface area contributed by atoms with Gasteiger partial charge in [0.15, 0.2) is 5.83 Å². The Morgan fingerprint density at radius 2 is 1.74 bits per heavy atom. The quantitative estimate of drug-likeness (QED) is 0.410. The second-order valence-corrected chi connectivity index (χ2v) is 9.66. The second kappa shape index (κ2) is 8.08. The van der Waals surface area contributed by atoms with Gasteiger partial charge in [0.1, 0.15) is 5.69 Å². The summed E-state index contributed by atoms with van der Waals surface area (Å²) < 4.78 is 56.6. The van der Waals surface area contributed by atoms with Crippen LogP contribution in [-0.2, 0) is 17.4 Å². The molecule has 2 aliphatic carbocycles. The average Bonchev–Trinajstić information content (AvgIpc) is 3.72. The third-order valence-corrected chi connectivity index (χ3v) is 7.30. The Kier molecular flexibility index (Phi) is 5.43. The third kappa shape index (κ3) is 4.06. The number of aryl methyl sites for hydroxylation is 1. The molecule has 3 nitrogen and oxygen atoms in total. The molecular formula is C27H26F4N2O. The highest BCUT2D eigenvalue weighted by Crippen LogP contribution is 2.58. The number of aromatic nitrogens is 2. The first kappa shape index (κ1) is 22.8. The van der Waals surface area contributed by atoms with Gasteiger partial charge in [-0.1, -0.05) is 48.5 Å². The van der Waals surface area contributed by atoms with Crippen LogP contribution in [0, 0.1) is 6.92 Å². The summed E-state index contributed by atoms with van der Waals surface area (Å²) in [6, 6.07) is 15.6. The van der Waals surface area contributed by atoms with Crippen molar-refractivity contribution < 1.29 is 22.7 Å². The number of hydrogen-bond acceptors (Lipinski definition) is 2. The molecular weight excluding hydrogens is 444 g/mol. The van der Waals surface area contributed by atoms with Crippen molar-refractivity contribution in [2.75, 3.05) is 6.61 Å². The van der Waals surface area contributed by atoms with E-state index in [0.29, 0.717) is 12.1 Å². The lowest BCUT2D eigenvalue weighted by Gasteiger charge is -2.19. The summed E-state index contributed by atoms with van der Waals surface area (Å²) >= 11 is 0. The van der Waals surface area contributed by atoms with Crippen molar-refractivity contribution in [2.24, 2.45) is 0 Å². The Morgan fingerprint density at radius 3 is 2.32 bits per heavy atom. The first-order chi connectivity index (χ1) is 16.2. The third-order valence-electron chi connectivity index (χ3n) is 7.30. The molecule has 1 N–H and O–H groups in total. The first-order valence-corrected chi connectivity index (χ1v) is 11.5. The van der Waals surface area contributed by atoms with Crippen LogP contribution in [0.4, 0.5) is 17.6 Å². The van der Waals surface area contributed by atoms with Crippen molar-refractivity contribution >= 4 is 11.9 Å². The Balaban J connectivity index is 1.32. The summed E-state index contributed by atoms with van der Waals surface area (Å²) in [7, 11) is 0. The molecule has 0 amide bonds. The van der Waals surface area contributed by atoms with Crippen LogP contribution in [0.25, 0.3) is 11.9 Å². The van der Waals surface area contributed by atoms with E-state index in [4.69, 9.17) is 0 Å². The van der Waals surface area contributed by atoms with Gasteiger partial charge >= 0.3 is 6.18 Å². The monoisotopic (exact) mass is 470 g/mol. The van der Waals surface area contributed by atoms with E-state index < -0.39 is 17.4 Å². The largest absolute Gasteiger partial charge is 0.398 e. The number of halogens is 4. The fraction of sp³-hybridized carbons (Fsp3) is 0.370. The number of hydrogen-bond donors (Lipinski definition) is 1. The molecule has 0 unspecified atom stereocenters. The summed E-state index contributed by atoms with van der Waals surface area (Å²) in [6.07, 6.45) is -0.821. The number of aliphatic hydroxyl groups excluding tert-OH is 1. The van der Waals surface area contributed by atoms with Gasteiger partial charge in [-0.2, -0.15) is 18.3 Å². The summed E-state index contributed by atoms with van der Waals surface area (Å²) in [6.45, 7) is 2.46. The van der Waals surface area contributed by atoms with E-state index in [1.165, 1.54) is 30.3 Å². The van der Waals surface area contributed by atoms with Crippen LogP contribution in [0.1, 0.15) is 59.3 Å². The van der Waals surface area contributed by atoms with Crippen LogP contribution in [-0.4, -0.2) is 27.7 Å². The van der Waals surface area contributed by atoms with Gasteiger partial charge in [-0.25, -0.2) is 4.39 Å². The minimum Gasteiger partial charge on any atom is -0.395 e. The van der Waals surface area contributed by atoms with Crippen LogP contribution >= 0.6 is 0 Å². The van der Waals surface area contributed by atoms with Crippen molar-refractivity contribution in [3.05, 3.63) is 88.2 Å². The zero-order valence-corrected chi connectivity index (χ0v) is 18.9. The van der Waals surface area contributed by atoms with Crippen molar-refractivity contribution in [3.8, 4) is 0 Å². The summed E-state index contributed by atoms with van der Waals surface area (Å²) in [4.78, 5) is 0. The van der Waals surface area contributed by atoms with Crippen LogP contribution in [0.3, 0.4) is 0 Å². The van der Waals surface area contributed by atoms with Gasteiger partial charge in [0.05, 0.1) is 18.6 Å². The molecule has 1 aromatic heterocycles. The van der Waals surface area contributed by atoms with Gasteiger partial charge in [0, 0.05) is 11.1 Å². The van der Waals surface area contributed by atoms with Crippen molar-refractivity contribution in [1.82, 2.24) is 9.78 Å². The molecule has 178 valence electrons. The molecule has 0 aliphatic heterocycles. The Bertz CT molecular complexity index is 1230. The molecule has 0 atom stereocenters. The lowest BCUT2D eigenvalue weighted by molar-refractivity contribution is -0.160. The lowest BCUT2D eigenvalue weighted by Crippen LogP contribution is -2.28. The fourth-order valence-corrected chi connectivity index (χ4v) is 4.63. The molecule has 1 heterocycles. The highest BCUT2D eigenvalue weighted by Gasteiger charge is 2.64. The maximum atomic E-state index is 14.9. The molecule has 0 spiro atoms. The molecule has 34 heavy (non-hydrogen) atoms. The highest BCUT2D eigenvalue weighted by molar-refractivity contribution is 5.75. The van der Waals surface area contributed by atoms with Crippen LogP contribution in [0.5, 0.6) is 0 Å². The van der Waals surface area contributed by atoms with E-state index in [1.807, 2.05) is 25.1 Å². The number of aliphatic hydroxyl groups is 1. The Morgan fingerprint density at radius 1 is 1.03 bits per heavy atom. The number of nitrogens with zero attached hydrogens (tertiary/aromatic N) is 2. The molecule has 2 aromatic carbocycles. The van der Waals surface area contributed by atoms with Gasteiger partial charge < -0.3 is 5.11 Å². The number of benzene rings is 2. The Labute approximate surface area is 195 Å². The smallest absolute Gasteiger partial charge is 0.395 e. The van der Waals surface area contributed by atoms with Gasteiger partial charge in [-0.3, -0.25) is 4.68 Å². The zero-order valence-electron chi connectivity index (χ0n) is 18.9. The SMILES string of the molecule is Cc1cc(C(F)=Cc2ccc(C3(C(F)(F)F)CC3)cc2)nn1Cc1cccc(C2(CO)CC2)c1. The maximum Gasteiger partial charge on any atom is 0.398 e. The van der Waals surface area contributed by atoms with Crippen molar-refractivity contribution in [3.63, 3.8) is 0 Å². The normalized spacial score (nSPS) is 18.7. The zero-order chi connectivity index (χ0) is 24.1. The van der Waals surface area contributed by atoms with Crippen molar-refractivity contribution in [2.45, 2.75) is 56.2 Å². The van der Waals surface area contributed by atoms with Gasteiger partial charge in [0.2, 0.25) is 0 Å². The van der Waals surface area contributed by atoms with Crippen LogP contribution < -0.4 is 0 Å². The summed E-state index contributed by atoms with van der Waals surface area (Å²) in [5.74, 6) is -0.544. The number of rotatable bonds is 7. The van der Waals surface area contributed by atoms with Crippen LogP contribution in [0.2, 0.25) is 0 Å². The molecule has 2 fully saturated rings. The first-order valence-electron chi connectivity index (χ1n) is 11.5. The minimum atomic E-state index is -4.27. The average molecular weight is 471 g/mol. The molecule has 3 aromatic rings. The number of alkyl halides is 3. The van der Waals surface area contributed by atoms with Crippen LogP contribution in [0.15, 0.2) is 54.6 Å². The molecule has 0 bridgehead atoms. The van der Waals surface area contributed by atoms with Gasteiger partial charge in [-0.05, 0) is 67.0 Å². The standard InChI is InChI=1S/C27H26F4N2O/c1-18-13-24(32-33(18)16-20-3-2-4-22(14-20)25(17-34)9-10-25)23(28)15-19-5-7-21(8-6-19)26(11-12-26)27(29,30)31/h2-8,13-15,34H,9-12,16-17H2,1H3. The topological polar surface area (TPSA) is 38.0 Å². The van der Waals surface area contributed by atoms with E-state index in [2.05, 4.69) is 11.2 Å². The predicted molar refractivity (Wildman–Crippen MR) is 123 cm³/mol. The molecule has 2 saturated carbocycles. The highest BCUT2D eigenvalue weighted by atomic mass is 19.4. The molecule has 5 rings (SSSR count). The van der Waals surface area contributed by atoms with Crippen molar-refractivity contribution in [1.29, 1.82) is 0 Å². The van der Waals surface area contributed by atoms with E-state index in [-0.39, 0.29) is 36.1 Å².